The number of ether oxygens (including phenoxy) is 1. The number of rotatable bonds is 6. The molecule has 6 heteroatoms. The van der Waals surface area contributed by atoms with Gasteiger partial charge in [0.1, 0.15) is 12.4 Å². The highest BCUT2D eigenvalue weighted by atomic mass is 79.9. The molecule has 0 atom stereocenters. The van der Waals surface area contributed by atoms with E-state index in [2.05, 4.69) is 70.3 Å². The number of benzene rings is 2. The highest BCUT2D eigenvalue weighted by molar-refractivity contribution is 9.10. The lowest BCUT2D eigenvalue weighted by Crippen LogP contribution is -2.05. The minimum atomic E-state index is 0.409. The van der Waals surface area contributed by atoms with Gasteiger partial charge in [0.2, 0.25) is 0 Å². The number of aromatic nitrogens is 3. The molecule has 0 N–H and O–H groups in total. The van der Waals surface area contributed by atoms with Crippen molar-refractivity contribution in [3.8, 4) is 5.75 Å². The molecule has 3 aromatic rings. The van der Waals surface area contributed by atoms with E-state index < -0.39 is 0 Å². The lowest BCUT2D eigenvalue weighted by atomic mass is 10.1. The smallest absolute Gasteiger partial charge is 0.191 e. The van der Waals surface area contributed by atoms with Crippen LogP contribution in [0, 0.1) is 13.8 Å². The first-order chi connectivity index (χ1) is 12.0. The minimum absolute atomic E-state index is 0.409. The van der Waals surface area contributed by atoms with Crippen LogP contribution in [0.4, 0.5) is 0 Å². The second-order valence-corrected chi connectivity index (χ2v) is 7.72. The summed E-state index contributed by atoms with van der Waals surface area (Å²) in [6, 6.07) is 14.4. The fourth-order valence-corrected chi connectivity index (χ4v) is 3.50. The lowest BCUT2D eigenvalue weighted by molar-refractivity contribution is 0.288. The van der Waals surface area contributed by atoms with Crippen LogP contribution in [0.25, 0.3) is 0 Å². The topological polar surface area (TPSA) is 39.9 Å². The summed E-state index contributed by atoms with van der Waals surface area (Å²) in [4.78, 5) is 0. The molecule has 0 aliphatic rings. The van der Waals surface area contributed by atoms with Gasteiger partial charge in [0.05, 0.1) is 0 Å². The first-order valence-electron chi connectivity index (χ1n) is 7.99. The number of aryl methyl sites for hydroxylation is 1. The van der Waals surface area contributed by atoms with E-state index in [1.165, 1.54) is 11.1 Å². The Balaban J connectivity index is 1.62. The van der Waals surface area contributed by atoms with Gasteiger partial charge in [-0.05, 0) is 48.7 Å². The van der Waals surface area contributed by atoms with Gasteiger partial charge in [-0.3, -0.25) is 0 Å². The third-order valence-electron chi connectivity index (χ3n) is 4.12. The van der Waals surface area contributed by atoms with Crippen LogP contribution >= 0.6 is 27.7 Å². The van der Waals surface area contributed by atoms with Crippen molar-refractivity contribution in [3.63, 3.8) is 0 Å². The molecule has 0 fully saturated rings. The Labute approximate surface area is 160 Å². The van der Waals surface area contributed by atoms with Gasteiger partial charge in [-0.25, -0.2) is 0 Å². The Morgan fingerprint density at radius 1 is 1.08 bits per heavy atom. The molecule has 1 heterocycles. The molecule has 1 aromatic heterocycles. The monoisotopic (exact) mass is 417 g/mol. The molecule has 3 rings (SSSR count). The second kappa shape index (κ2) is 8.06. The third-order valence-corrected chi connectivity index (χ3v) is 5.74. The van der Waals surface area contributed by atoms with Crippen LogP contribution in [0.3, 0.4) is 0 Å². The van der Waals surface area contributed by atoms with Crippen LogP contribution in [-0.2, 0) is 19.4 Å². The van der Waals surface area contributed by atoms with E-state index in [0.717, 1.165) is 32.5 Å². The highest BCUT2D eigenvalue weighted by Crippen LogP contribution is 2.24. The highest BCUT2D eigenvalue weighted by Gasteiger charge is 2.11. The van der Waals surface area contributed by atoms with Gasteiger partial charge in [-0.15, -0.1) is 10.2 Å². The first kappa shape index (κ1) is 18.0. The standard InChI is InChI=1S/C19H20BrN3OS/c1-13-5-4-6-17(14(13)2)24-11-18-21-22-19(23(18)3)25-12-15-7-9-16(20)10-8-15/h4-10H,11-12H2,1-3H3. The zero-order valence-corrected chi connectivity index (χ0v) is 16.9. The first-order valence-corrected chi connectivity index (χ1v) is 9.77. The normalized spacial score (nSPS) is 10.9. The summed E-state index contributed by atoms with van der Waals surface area (Å²) in [5.41, 5.74) is 3.64. The van der Waals surface area contributed by atoms with Crippen molar-refractivity contribution >= 4 is 27.7 Å². The molecule has 0 aliphatic heterocycles. The minimum Gasteiger partial charge on any atom is -0.485 e. The molecule has 0 radical (unpaired) electrons. The van der Waals surface area contributed by atoms with Gasteiger partial charge in [0.15, 0.2) is 11.0 Å². The van der Waals surface area contributed by atoms with Crippen molar-refractivity contribution in [2.75, 3.05) is 0 Å². The van der Waals surface area contributed by atoms with Crippen molar-refractivity contribution in [2.45, 2.75) is 31.4 Å². The lowest BCUT2D eigenvalue weighted by Gasteiger charge is -2.10. The van der Waals surface area contributed by atoms with E-state index in [1.54, 1.807) is 11.8 Å². The largest absolute Gasteiger partial charge is 0.485 e. The van der Waals surface area contributed by atoms with Crippen molar-refractivity contribution in [1.29, 1.82) is 0 Å². The Morgan fingerprint density at radius 2 is 1.84 bits per heavy atom. The van der Waals surface area contributed by atoms with Crippen LogP contribution < -0.4 is 4.74 Å². The zero-order valence-electron chi connectivity index (χ0n) is 14.5. The van der Waals surface area contributed by atoms with Crippen LogP contribution in [0.1, 0.15) is 22.5 Å². The summed E-state index contributed by atoms with van der Waals surface area (Å²) in [6.45, 7) is 4.56. The molecule has 0 bridgehead atoms. The molecule has 0 amide bonds. The van der Waals surface area contributed by atoms with Gasteiger partial charge in [0, 0.05) is 17.3 Å². The van der Waals surface area contributed by atoms with Gasteiger partial charge < -0.3 is 9.30 Å². The van der Waals surface area contributed by atoms with Crippen LogP contribution in [0.5, 0.6) is 5.75 Å². The van der Waals surface area contributed by atoms with Crippen molar-refractivity contribution in [2.24, 2.45) is 7.05 Å². The molecule has 0 spiro atoms. The summed E-state index contributed by atoms with van der Waals surface area (Å²) in [5, 5.41) is 9.45. The number of hydrogen-bond donors (Lipinski definition) is 0. The summed E-state index contributed by atoms with van der Waals surface area (Å²) in [7, 11) is 1.98. The number of halogens is 1. The van der Waals surface area contributed by atoms with E-state index in [4.69, 9.17) is 4.74 Å². The molecular weight excluding hydrogens is 398 g/mol. The maximum absolute atomic E-state index is 5.94. The van der Waals surface area contributed by atoms with Crippen LogP contribution in [-0.4, -0.2) is 14.8 Å². The predicted octanol–water partition coefficient (Wildman–Crippen LogP) is 5.07. The van der Waals surface area contributed by atoms with Gasteiger partial charge in [0.25, 0.3) is 0 Å². The Hall–Kier alpha value is -1.79. The number of nitrogens with zero attached hydrogens (tertiary/aromatic N) is 3. The number of thioether (sulfide) groups is 1. The zero-order chi connectivity index (χ0) is 17.8. The van der Waals surface area contributed by atoms with Gasteiger partial charge in [-0.2, -0.15) is 0 Å². The molecule has 0 aliphatic carbocycles. The Bertz CT molecular complexity index is 862. The van der Waals surface area contributed by atoms with Gasteiger partial charge in [-0.1, -0.05) is 52.0 Å². The van der Waals surface area contributed by atoms with E-state index in [1.807, 2.05) is 23.7 Å². The molecule has 25 heavy (non-hydrogen) atoms. The maximum Gasteiger partial charge on any atom is 0.191 e. The molecular formula is C19H20BrN3OS. The summed E-state index contributed by atoms with van der Waals surface area (Å²) >= 11 is 5.13. The second-order valence-electron chi connectivity index (χ2n) is 5.86. The maximum atomic E-state index is 5.94. The molecule has 130 valence electrons. The molecule has 0 unspecified atom stereocenters. The SMILES string of the molecule is Cc1cccc(OCc2nnc(SCc3ccc(Br)cc3)n2C)c1C. The van der Waals surface area contributed by atoms with Crippen LogP contribution in [0.2, 0.25) is 0 Å². The number of hydrogen-bond acceptors (Lipinski definition) is 4. The van der Waals surface area contributed by atoms with E-state index in [-0.39, 0.29) is 0 Å². The average molecular weight is 418 g/mol. The molecule has 4 nitrogen and oxygen atoms in total. The summed E-state index contributed by atoms with van der Waals surface area (Å²) < 4.78 is 9.02. The van der Waals surface area contributed by atoms with Crippen molar-refractivity contribution in [1.82, 2.24) is 14.8 Å². The fourth-order valence-electron chi connectivity index (χ4n) is 2.35. The molecule has 0 saturated heterocycles. The molecule has 2 aromatic carbocycles. The van der Waals surface area contributed by atoms with Crippen LogP contribution in [0.15, 0.2) is 52.1 Å². The van der Waals surface area contributed by atoms with E-state index in [0.29, 0.717) is 6.61 Å². The average Bonchev–Trinajstić information content (AvgIpc) is 2.96. The van der Waals surface area contributed by atoms with E-state index >= 15 is 0 Å². The fraction of sp³-hybridized carbons (Fsp3) is 0.263. The molecule has 0 saturated carbocycles. The van der Waals surface area contributed by atoms with E-state index in [9.17, 15) is 0 Å². The summed E-state index contributed by atoms with van der Waals surface area (Å²) in [5.74, 6) is 2.57. The predicted molar refractivity (Wildman–Crippen MR) is 105 cm³/mol. The third kappa shape index (κ3) is 4.44. The summed E-state index contributed by atoms with van der Waals surface area (Å²) in [6.07, 6.45) is 0. The van der Waals surface area contributed by atoms with Gasteiger partial charge >= 0.3 is 0 Å². The quantitative estimate of drug-likeness (QED) is 0.525. The van der Waals surface area contributed by atoms with Crippen molar-refractivity contribution < 1.29 is 4.74 Å². The van der Waals surface area contributed by atoms with Crippen molar-refractivity contribution in [3.05, 3.63) is 69.5 Å². The Kier molecular flexibility index (Phi) is 5.81. The Morgan fingerprint density at radius 3 is 2.60 bits per heavy atom.